The van der Waals surface area contributed by atoms with Crippen molar-refractivity contribution in [3.05, 3.63) is 21.9 Å². The lowest BCUT2D eigenvalue weighted by Gasteiger charge is -2.60. The molecule has 7 atom stereocenters. The molecule has 4 rings (SSSR count). The quantitative estimate of drug-likeness (QED) is 0.444. The van der Waals surface area contributed by atoms with Crippen LogP contribution >= 0.6 is 0 Å². The Morgan fingerprint density at radius 1 is 1.10 bits per heavy atom. The normalized spacial score (nSPS) is 43.1. The smallest absolute Gasteiger partial charge is 0.408 e. The summed E-state index contributed by atoms with van der Waals surface area (Å²) in [5.74, 6) is 2.10. The van der Waals surface area contributed by atoms with E-state index >= 15 is 0 Å². The number of hydrogen-bond donors (Lipinski definition) is 1. The SMILES string of the molecule is CC(C)(C)N(C(=O)O)[C@H]1CC[C@H]2[C@@H]3CC[C@H]4C=C([N+](=O)[O-])CC[C@]4(C)[C@H]3CC[C@]12C. The van der Waals surface area contributed by atoms with E-state index in [4.69, 9.17) is 0 Å². The average molecular weight is 419 g/mol. The van der Waals surface area contributed by atoms with Crippen molar-refractivity contribution in [2.45, 2.75) is 97.6 Å². The van der Waals surface area contributed by atoms with Crippen molar-refractivity contribution in [2.75, 3.05) is 0 Å². The van der Waals surface area contributed by atoms with Crippen LogP contribution in [0.15, 0.2) is 11.8 Å². The maximum absolute atomic E-state index is 12.2. The van der Waals surface area contributed by atoms with Crippen LogP contribution in [-0.2, 0) is 0 Å². The molecule has 6 nitrogen and oxygen atoms in total. The summed E-state index contributed by atoms with van der Waals surface area (Å²) in [6.07, 6.45) is 9.12. The number of nitrogens with zero attached hydrogens (tertiary/aromatic N) is 2. The van der Waals surface area contributed by atoms with Crippen LogP contribution in [0.25, 0.3) is 0 Å². The topological polar surface area (TPSA) is 83.7 Å². The summed E-state index contributed by atoms with van der Waals surface area (Å²) < 4.78 is 0. The maximum atomic E-state index is 12.2. The van der Waals surface area contributed by atoms with Gasteiger partial charge in [0.05, 0.1) is 4.92 Å². The van der Waals surface area contributed by atoms with E-state index in [-0.39, 0.29) is 21.8 Å². The second-order valence-electron chi connectivity index (χ2n) is 11.9. The van der Waals surface area contributed by atoms with Crippen LogP contribution in [0.2, 0.25) is 0 Å². The fraction of sp³-hybridized carbons (Fsp3) is 0.875. The van der Waals surface area contributed by atoms with Crippen LogP contribution in [0.4, 0.5) is 4.79 Å². The van der Waals surface area contributed by atoms with E-state index in [2.05, 4.69) is 13.8 Å². The van der Waals surface area contributed by atoms with Crippen molar-refractivity contribution in [2.24, 2.45) is 34.5 Å². The Hall–Kier alpha value is -1.59. The Morgan fingerprint density at radius 2 is 1.77 bits per heavy atom. The standard InChI is InChI=1S/C24H38N2O4/c1-22(2,3)25(21(27)28)20-9-8-18-17-7-6-15-14-16(26(29)30)10-12-23(15,4)19(17)11-13-24(18,20)5/h14-15,17-20H,6-13H2,1-5H3,(H,27,28)/t15-,17-,18-,19-,20-,23-,24-/m0/s1. The third kappa shape index (κ3) is 3.08. The Kier molecular flexibility index (Phi) is 5.02. The van der Waals surface area contributed by atoms with Crippen LogP contribution in [0, 0.1) is 44.6 Å². The largest absolute Gasteiger partial charge is 0.465 e. The molecule has 0 aromatic heterocycles. The van der Waals surface area contributed by atoms with Crippen LogP contribution in [0.3, 0.4) is 0 Å². The van der Waals surface area contributed by atoms with Crippen molar-refractivity contribution in [3.8, 4) is 0 Å². The molecule has 4 aliphatic rings. The van der Waals surface area contributed by atoms with Gasteiger partial charge in [-0.25, -0.2) is 4.79 Å². The maximum Gasteiger partial charge on any atom is 0.408 e. The van der Waals surface area contributed by atoms with Gasteiger partial charge < -0.3 is 5.11 Å². The van der Waals surface area contributed by atoms with Gasteiger partial charge in [0.2, 0.25) is 5.70 Å². The molecule has 0 aliphatic heterocycles. The Balaban J connectivity index is 1.62. The molecule has 3 fully saturated rings. The fourth-order valence-corrected chi connectivity index (χ4v) is 8.28. The van der Waals surface area contributed by atoms with E-state index in [1.165, 1.54) is 0 Å². The molecule has 0 aromatic carbocycles. The van der Waals surface area contributed by atoms with Gasteiger partial charge >= 0.3 is 6.09 Å². The molecular formula is C24H38N2O4. The number of rotatable bonds is 2. The van der Waals surface area contributed by atoms with Crippen molar-refractivity contribution >= 4 is 6.09 Å². The van der Waals surface area contributed by atoms with Crippen LogP contribution in [0.5, 0.6) is 0 Å². The number of carboxylic acid groups (broad SMARTS) is 1. The average Bonchev–Trinajstić information content (AvgIpc) is 2.96. The molecule has 0 unspecified atom stereocenters. The van der Waals surface area contributed by atoms with Crippen LogP contribution < -0.4 is 0 Å². The van der Waals surface area contributed by atoms with Crippen molar-refractivity contribution in [1.29, 1.82) is 0 Å². The lowest BCUT2D eigenvalue weighted by atomic mass is 9.46. The predicted octanol–water partition coefficient (Wildman–Crippen LogP) is 5.95. The second kappa shape index (κ2) is 6.96. The summed E-state index contributed by atoms with van der Waals surface area (Å²) in [5.41, 5.74) is 0.201. The third-order valence-corrected chi connectivity index (χ3v) is 9.68. The lowest BCUT2D eigenvalue weighted by molar-refractivity contribution is -0.430. The molecule has 30 heavy (non-hydrogen) atoms. The minimum Gasteiger partial charge on any atom is -0.465 e. The molecule has 0 bridgehead atoms. The monoisotopic (exact) mass is 418 g/mol. The first-order valence-electron chi connectivity index (χ1n) is 11.8. The molecule has 168 valence electrons. The predicted molar refractivity (Wildman–Crippen MR) is 116 cm³/mol. The second-order valence-corrected chi connectivity index (χ2v) is 11.9. The van der Waals surface area contributed by atoms with Gasteiger partial charge in [0.15, 0.2) is 0 Å². The van der Waals surface area contributed by atoms with Gasteiger partial charge in [0, 0.05) is 18.0 Å². The lowest BCUT2D eigenvalue weighted by Crippen LogP contribution is -2.59. The molecule has 0 heterocycles. The van der Waals surface area contributed by atoms with Crippen molar-refractivity contribution in [3.63, 3.8) is 0 Å². The number of hydrogen-bond acceptors (Lipinski definition) is 3. The summed E-state index contributed by atoms with van der Waals surface area (Å²) in [6, 6.07) is 0.0822. The van der Waals surface area contributed by atoms with E-state index in [0.717, 1.165) is 44.9 Å². The van der Waals surface area contributed by atoms with Gasteiger partial charge in [-0.1, -0.05) is 13.8 Å². The minimum absolute atomic E-state index is 0.0343. The zero-order chi connectivity index (χ0) is 22.1. The van der Waals surface area contributed by atoms with Gasteiger partial charge in [-0.2, -0.15) is 0 Å². The number of nitro groups is 1. The number of carbonyl (C=O) groups is 1. The molecular weight excluding hydrogens is 380 g/mol. The van der Waals surface area contributed by atoms with E-state index < -0.39 is 11.6 Å². The van der Waals surface area contributed by atoms with E-state index in [0.29, 0.717) is 35.8 Å². The summed E-state index contributed by atoms with van der Waals surface area (Å²) in [5, 5.41) is 21.4. The first-order valence-corrected chi connectivity index (χ1v) is 11.8. The molecule has 6 heteroatoms. The number of fused-ring (bicyclic) bond motifs is 5. The summed E-state index contributed by atoms with van der Waals surface area (Å²) >= 11 is 0. The van der Waals surface area contributed by atoms with Gasteiger partial charge in [-0.15, -0.1) is 0 Å². The van der Waals surface area contributed by atoms with Crippen molar-refractivity contribution in [1.82, 2.24) is 4.90 Å². The third-order valence-electron chi connectivity index (χ3n) is 9.68. The Labute approximate surface area is 180 Å². The van der Waals surface area contributed by atoms with Crippen LogP contribution in [0.1, 0.15) is 86.0 Å². The minimum atomic E-state index is -0.795. The highest BCUT2D eigenvalue weighted by molar-refractivity contribution is 5.66. The summed E-state index contributed by atoms with van der Waals surface area (Å²) in [4.78, 5) is 25.1. The zero-order valence-corrected chi connectivity index (χ0v) is 19.2. The molecule has 0 saturated heterocycles. The molecule has 0 aromatic rings. The van der Waals surface area contributed by atoms with Gasteiger partial charge in [-0.3, -0.25) is 15.0 Å². The van der Waals surface area contributed by atoms with Crippen molar-refractivity contribution < 1.29 is 14.8 Å². The first kappa shape index (κ1) is 21.6. The van der Waals surface area contributed by atoms with Gasteiger partial charge in [0.25, 0.3) is 0 Å². The molecule has 1 amide bonds. The fourth-order valence-electron chi connectivity index (χ4n) is 8.28. The molecule has 1 N–H and O–H groups in total. The molecule has 0 spiro atoms. The van der Waals surface area contributed by atoms with E-state index in [1.807, 2.05) is 26.8 Å². The number of amides is 1. The highest BCUT2D eigenvalue weighted by atomic mass is 16.6. The van der Waals surface area contributed by atoms with E-state index in [1.54, 1.807) is 4.90 Å². The van der Waals surface area contributed by atoms with Gasteiger partial charge in [-0.05, 0) is 106 Å². The van der Waals surface area contributed by atoms with E-state index in [9.17, 15) is 20.0 Å². The highest BCUT2D eigenvalue weighted by Crippen LogP contribution is 2.66. The summed E-state index contributed by atoms with van der Waals surface area (Å²) in [7, 11) is 0. The molecule has 4 aliphatic carbocycles. The molecule has 0 radical (unpaired) electrons. The van der Waals surface area contributed by atoms with Gasteiger partial charge in [0.1, 0.15) is 0 Å². The Bertz CT molecular complexity index is 772. The highest BCUT2D eigenvalue weighted by Gasteiger charge is 2.62. The summed E-state index contributed by atoms with van der Waals surface area (Å²) in [6.45, 7) is 10.8. The number of allylic oxidation sites excluding steroid dienone is 2. The first-order chi connectivity index (χ1) is 13.9. The van der Waals surface area contributed by atoms with Crippen LogP contribution in [-0.4, -0.2) is 32.6 Å². The Morgan fingerprint density at radius 3 is 2.37 bits per heavy atom. The zero-order valence-electron chi connectivity index (χ0n) is 19.2. The molecule has 3 saturated carbocycles.